The second kappa shape index (κ2) is 6.75. The first-order chi connectivity index (χ1) is 11.9. The first-order valence-electron chi connectivity index (χ1n) is 7.47. The summed E-state index contributed by atoms with van der Waals surface area (Å²) < 4.78 is 14.4. The molecule has 25 heavy (non-hydrogen) atoms. The maximum Gasteiger partial charge on any atom is 0.387 e. The summed E-state index contributed by atoms with van der Waals surface area (Å²) in [5.41, 5.74) is 0.649. The van der Waals surface area contributed by atoms with E-state index in [2.05, 4.69) is 20.9 Å². The molecule has 2 heterocycles. The summed E-state index contributed by atoms with van der Waals surface area (Å²) in [6, 6.07) is 4.87. The summed E-state index contributed by atoms with van der Waals surface area (Å²) >= 11 is 3.26. The molecular weight excluding hydrogens is 397 g/mol. The summed E-state index contributed by atoms with van der Waals surface area (Å²) in [5.74, 6) is -2.16. The minimum Gasteiger partial charge on any atom is -0.478 e. The van der Waals surface area contributed by atoms with E-state index >= 15 is 0 Å². The minimum absolute atomic E-state index is 0.149. The number of benzene rings is 1. The largest absolute Gasteiger partial charge is 0.478 e. The molecule has 1 saturated heterocycles. The van der Waals surface area contributed by atoms with Gasteiger partial charge in [-0.05, 0) is 68.5 Å². The van der Waals surface area contributed by atoms with E-state index in [0.717, 1.165) is 12.5 Å². The Hall–Kier alpha value is -2.55. The van der Waals surface area contributed by atoms with Gasteiger partial charge >= 0.3 is 11.8 Å². The molecule has 1 N–H and O–H groups in total. The highest BCUT2D eigenvalue weighted by molar-refractivity contribution is 9.10. The maximum atomic E-state index is 13.8. The molecule has 1 aliphatic heterocycles. The van der Waals surface area contributed by atoms with Crippen LogP contribution in [-0.2, 0) is 0 Å². The first kappa shape index (κ1) is 17.3. The molecule has 0 bridgehead atoms. The Bertz CT molecular complexity index is 861. The molecule has 0 amide bonds. The van der Waals surface area contributed by atoms with Crippen LogP contribution in [0.4, 0.5) is 15.9 Å². The van der Waals surface area contributed by atoms with Gasteiger partial charge in [-0.15, -0.1) is 0 Å². The number of aromatic carboxylic acids is 1. The van der Waals surface area contributed by atoms with Gasteiger partial charge in [0.1, 0.15) is 11.5 Å². The van der Waals surface area contributed by atoms with E-state index in [1.165, 1.54) is 18.3 Å². The number of hydrogen-bond acceptors (Lipinski definition) is 5. The van der Waals surface area contributed by atoms with Crippen molar-refractivity contribution >= 4 is 33.4 Å². The van der Waals surface area contributed by atoms with Crippen LogP contribution in [0.3, 0.4) is 0 Å². The van der Waals surface area contributed by atoms with Gasteiger partial charge in [-0.1, -0.05) is 0 Å². The highest BCUT2D eigenvalue weighted by Gasteiger charge is 2.32. The molecular formula is C16H13BrFN3O4. The predicted molar refractivity (Wildman–Crippen MR) is 91.3 cm³/mol. The number of aromatic nitrogens is 1. The van der Waals surface area contributed by atoms with Gasteiger partial charge in [0, 0.05) is 6.54 Å². The molecule has 1 aromatic carbocycles. The van der Waals surface area contributed by atoms with Crippen LogP contribution >= 0.6 is 15.9 Å². The lowest BCUT2D eigenvalue weighted by atomic mass is 10.0. The standard InChI is InChI=1S/C16H13BrFN3O4/c17-11-7-14(15(19-8-11)21(24)25)20-3-1-2-13(20)9-4-10(16(22)23)6-12(18)5-9/h4-8,13H,1-3H2,(H,22,23). The smallest absolute Gasteiger partial charge is 0.387 e. The zero-order valence-electron chi connectivity index (χ0n) is 12.9. The molecule has 1 atom stereocenters. The number of nitrogens with zero attached hydrogens (tertiary/aromatic N) is 3. The first-order valence-corrected chi connectivity index (χ1v) is 8.26. The third-order valence-corrected chi connectivity index (χ3v) is 4.53. The van der Waals surface area contributed by atoms with Crippen LogP contribution in [0.2, 0.25) is 0 Å². The second-order valence-corrected chi connectivity index (χ2v) is 6.60. The van der Waals surface area contributed by atoms with Crippen molar-refractivity contribution in [3.8, 4) is 0 Å². The molecule has 130 valence electrons. The molecule has 9 heteroatoms. The Kier molecular flexibility index (Phi) is 4.67. The van der Waals surface area contributed by atoms with Gasteiger partial charge in [0.15, 0.2) is 6.20 Å². The third-order valence-electron chi connectivity index (χ3n) is 4.10. The maximum absolute atomic E-state index is 13.8. The van der Waals surface area contributed by atoms with E-state index in [9.17, 15) is 19.3 Å². The number of anilines is 1. The minimum atomic E-state index is -1.22. The summed E-state index contributed by atoms with van der Waals surface area (Å²) in [6.45, 7) is 0.530. The monoisotopic (exact) mass is 409 g/mol. The van der Waals surface area contributed by atoms with Gasteiger partial charge in [0.2, 0.25) is 0 Å². The number of hydrogen-bond donors (Lipinski definition) is 1. The Morgan fingerprint density at radius 1 is 1.40 bits per heavy atom. The summed E-state index contributed by atoms with van der Waals surface area (Å²) in [4.78, 5) is 27.5. The van der Waals surface area contributed by atoms with Crippen molar-refractivity contribution in [2.24, 2.45) is 0 Å². The van der Waals surface area contributed by atoms with E-state index in [1.807, 2.05) is 0 Å². The molecule has 1 unspecified atom stereocenters. The lowest BCUT2D eigenvalue weighted by Crippen LogP contribution is -2.24. The fourth-order valence-electron chi connectivity index (χ4n) is 3.10. The second-order valence-electron chi connectivity index (χ2n) is 5.68. The van der Waals surface area contributed by atoms with Crippen LogP contribution in [0, 0.1) is 15.9 Å². The average molecular weight is 410 g/mol. The van der Waals surface area contributed by atoms with Crippen molar-refractivity contribution < 1.29 is 19.2 Å². The zero-order valence-corrected chi connectivity index (χ0v) is 14.4. The van der Waals surface area contributed by atoms with Crippen molar-refractivity contribution in [2.45, 2.75) is 18.9 Å². The lowest BCUT2D eigenvalue weighted by molar-refractivity contribution is -0.388. The highest BCUT2D eigenvalue weighted by Crippen LogP contribution is 2.40. The van der Waals surface area contributed by atoms with E-state index < -0.39 is 16.7 Å². The third kappa shape index (κ3) is 3.46. The molecule has 7 nitrogen and oxygen atoms in total. The SMILES string of the molecule is O=C(O)c1cc(F)cc(C2CCCN2c2cc(Br)cnc2[N+](=O)[O-])c1. The number of rotatable bonds is 4. The fraction of sp³-hybridized carbons (Fsp3) is 0.250. The zero-order chi connectivity index (χ0) is 18.1. The number of nitro groups is 1. The lowest BCUT2D eigenvalue weighted by Gasteiger charge is -2.26. The van der Waals surface area contributed by atoms with Crippen LogP contribution in [0.1, 0.15) is 34.8 Å². The van der Waals surface area contributed by atoms with Gasteiger partial charge in [0.05, 0.1) is 16.1 Å². The Labute approximate surface area is 150 Å². The number of carboxylic acid groups (broad SMARTS) is 1. The van der Waals surface area contributed by atoms with E-state index in [1.54, 1.807) is 11.0 Å². The van der Waals surface area contributed by atoms with E-state index in [0.29, 0.717) is 28.7 Å². The van der Waals surface area contributed by atoms with E-state index in [4.69, 9.17) is 5.11 Å². The van der Waals surface area contributed by atoms with Gasteiger partial charge in [0.25, 0.3) is 0 Å². The summed E-state index contributed by atoms with van der Waals surface area (Å²) in [7, 11) is 0. The molecule has 0 spiro atoms. The quantitative estimate of drug-likeness (QED) is 0.606. The van der Waals surface area contributed by atoms with Crippen LogP contribution in [-0.4, -0.2) is 27.5 Å². The van der Waals surface area contributed by atoms with E-state index in [-0.39, 0.29) is 17.4 Å². The van der Waals surface area contributed by atoms with Crippen LogP contribution in [0.15, 0.2) is 34.9 Å². The molecule has 0 saturated carbocycles. The Balaban J connectivity index is 2.06. The van der Waals surface area contributed by atoms with Crippen LogP contribution in [0.5, 0.6) is 0 Å². The predicted octanol–water partition coefficient (Wildman–Crippen LogP) is 3.93. The molecule has 0 aliphatic carbocycles. The number of pyridine rings is 1. The van der Waals surface area contributed by atoms with Crippen molar-refractivity contribution in [1.82, 2.24) is 4.98 Å². The summed E-state index contributed by atoms with van der Waals surface area (Å²) in [6.07, 6.45) is 2.72. The van der Waals surface area contributed by atoms with Crippen molar-refractivity contribution in [2.75, 3.05) is 11.4 Å². The van der Waals surface area contributed by atoms with Gasteiger partial charge in [-0.3, -0.25) is 0 Å². The number of carbonyl (C=O) groups is 1. The average Bonchev–Trinajstić information content (AvgIpc) is 3.03. The number of halogens is 2. The van der Waals surface area contributed by atoms with Gasteiger partial charge < -0.3 is 20.1 Å². The molecule has 1 aliphatic rings. The topological polar surface area (TPSA) is 96.6 Å². The number of carboxylic acids is 1. The van der Waals surface area contributed by atoms with Crippen molar-refractivity contribution in [1.29, 1.82) is 0 Å². The molecule has 1 fully saturated rings. The van der Waals surface area contributed by atoms with Crippen molar-refractivity contribution in [3.05, 3.63) is 62.0 Å². The van der Waals surface area contributed by atoms with Gasteiger partial charge in [-0.2, -0.15) is 0 Å². The molecule has 0 radical (unpaired) electrons. The fourth-order valence-corrected chi connectivity index (χ4v) is 3.42. The normalized spacial score (nSPS) is 16.9. The Morgan fingerprint density at radius 2 is 2.16 bits per heavy atom. The Morgan fingerprint density at radius 3 is 2.84 bits per heavy atom. The van der Waals surface area contributed by atoms with Gasteiger partial charge in [-0.25, -0.2) is 9.18 Å². The molecule has 2 aromatic rings. The van der Waals surface area contributed by atoms with Crippen LogP contribution in [0.25, 0.3) is 0 Å². The molecule has 3 rings (SSSR count). The van der Waals surface area contributed by atoms with Crippen molar-refractivity contribution in [3.63, 3.8) is 0 Å². The highest BCUT2D eigenvalue weighted by atomic mass is 79.9. The summed E-state index contributed by atoms with van der Waals surface area (Å²) in [5, 5.41) is 20.4. The molecule has 1 aromatic heterocycles. The van der Waals surface area contributed by atoms with Crippen LogP contribution < -0.4 is 4.90 Å².